The normalized spacial score (nSPS) is 18.4. The molecule has 1 atom stereocenters. The van der Waals surface area contributed by atoms with Crippen molar-refractivity contribution in [3.05, 3.63) is 69.8 Å². The molecular formula is C16H12F3N7O3-2. The molecule has 1 unspecified atom stereocenters. The Balaban J connectivity index is 1.64. The summed E-state index contributed by atoms with van der Waals surface area (Å²) in [5.74, 6) is -0.813. The van der Waals surface area contributed by atoms with Gasteiger partial charge in [0.25, 0.3) is 5.91 Å². The number of hydrogen-bond acceptors (Lipinski definition) is 8. The second-order valence-electron chi connectivity index (χ2n) is 6.13. The number of imidazole rings is 1. The summed E-state index contributed by atoms with van der Waals surface area (Å²) < 4.78 is 39.4. The third-order valence-electron chi connectivity index (χ3n) is 4.25. The largest absolute Gasteiger partial charge is 0.770 e. The SMILES string of the molecule is O=C(Nc1cccc(C2NNN([O-])N2[O-])c1)c1cc(C(F)(F)F)cc2[nH]cnc12. The highest BCUT2D eigenvalue weighted by atomic mass is 19.4. The maximum absolute atomic E-state index is 13.1. The number of hydrogen-bond donors (Lipinski definition) is 4. The molecule has 10 nitrogen and oxygen atoms in total. The summed E-state index contributed by atoms with van der Waals surface area (Å²) >= 11 is 0. The number of carbonyl (C=O) groups is 1. The molecule has 0 saturated carbocycles. The Morgan fingerprint density at radius 1 is 1.21 bits per heavy atom. The van der Waals surface area contributed by atoms with Gasteiger partial charge in [-0.1, -0.05) is 12.1 Å². The lowest BCUT2D eigenvalue weighted by atomic mass is 10.1. The van der Waals surface area contributed by atoms with Crippen molar-refractivity contribution in [3.63, 3.8) is 0 Å². The van der Waals surface area contributed by atoms with Crippen molar-refractivity contribution in [1.29, 1.82) is 0 Å². The standard InChI is InChI=1S/C16H12F3N7O3/c17-16(18,19)9-5-11(13-12(6-9)20-7-21-13)15(27)22-10-3-1-2-8(4-10)14-23-24-26(29)25(14)28/h1-7,14,23-24H,(H,20,21)(H,22,27)/q-2. The van der Waals surface area contributed by atoms with Gasteiger partial charge in [-0.05, 0) is 29.8 Å². The molecule has 2 aromatic carbocycles. The molecule has 0 spiro atoms. The van der Waals surface area contributed by atoms with Crippen LogP contribution in [-0.4, -0.2) is 26.3 Å². The van der Waals surface area contributed by atoms with Gasteiger partial charge in [-0.15, -0.1) is 0 Å². The summed E-state index contributed by atoms with van der Waals surface area (Å²) in [6, 6.07) is 7.55. The number of aromatic nitrogens is 2. The molecule has 3 aromatic rings. The van der Waals surface area contributed by atoms with Gasteiger partial charge in [0.15, 0.2) is 0 Å². The monoisotopic (exact) mass is 407 g/mol. The molecule has 1 aliphatic heterocycles. The van der Waals surface area contributed by atoms with Crippen LogP contribution in [0.5, 0.6) is 0 Å². The van der Waals surface area contributed by atoms with Gasteiger partial charge in [0.05, 0.1) is 23.0 Å². The molecule has 0 aliphatic carbocycles. The second-order valence-corrected chi connectivity index (χ2v) is 6.13. The van der Waals surface area contributed by atoms with Gasteiger partial charge in [0, 0.05) is 5.69 Å². The van der Waals surface area contributed by atoms with E-state index in [1.165, 1.54) is 30.6 Å². The van der Waals surface area contributed by atoms with Crippen molar-refractivity contribution in [2.45, 2.75) is 12.3 Å². The Bertz CT molecular complexity index is 1070. The first-order valence-electron chi connectivity index (χ1n) is 8.14. The summed E-state index contributed by atoms with van der Waals surface area (Å²) in [5, 5.41) is 25.4. The van der Waals surface area contributed by atoms with Crippen molar-refractivity contribution in [2.75, 3.05) is 5.32 Å². The third kappa shape index (κ3) is 3.65. The average Bonchev–Trinajstić information content (AvgIpc) is 3.27. The molecule has 1 fully saturated rings. The molecule has 1 amide bonds. The molecule has 1 aliphatic rings. The highest BCUT2D eigenvalue weighted by molar-refractivity contribution is 6.11. The van der Waals surface area contributed by atoms with Crippen molar-refractivity contribution in [1.82, 2.24) is 31.4 Å². The summed E-state index contributed by atoms with van der Waals surface area (Å²) in [6.45, 7) is 0. The van der Waals surface area contributed by atoms with E-state index < -0.39 is 23.8 Å². The predicted octanol–water partition coefficient (Wildman–Crippen LogP) is 2.37. The number of anilines is 1. The maximum atomic E-state index is 13.1. The number of rotatable bonds is 3. The number of nitrogens with one attached hydrogen (secondary N) is 4. The molecule has 1 aromatic heterocycles. The van der Waals surface area contributed by atoms with E-state index in [2.05, 4.69) is 26.2 Å². The fourth-order valence-electron chi connectivity index (χ4n) is 2.91. The number of nitrogens with zero attached hydrogens (tertiary/aromatic N) is 3. The smallest absolute Gasteiger partial charge is 0.416 e. The van der Waals surface area contributed by atoms with E-state index in [9.17, 15) is 28.4 Å². The van der Waals surface area contributed by atoms with Gasteiger partial charge in [0.2, 0.25) is 0 Å². The quantitative estimate of drug-likeness (QED) is 0.520. The average molecular weight is 407 g/mol. The lowest BCUT2D eigenvalue weighted by Crippen LogP contribution is -2.34. The van der Waals surface area contributed by atoms with E-state index in [0.29, 0.717) is 5.56 Å². The van der Waals surface area contributed by atoms with E-state index in [-0.39, 0.29) is 32.7 Å². The number of benzene rings is 2. The number of amides is 1. The molecule has 29 heavy (non-hydrogen) atoms. The molecule has 0 radical (unpaired) electrons. The van der Waals surface area contributed by atoms with E-state index in [0.717, 1.165) is 12.1 Å². The minimum atomic E-state index is -4.64. The zero-order valence-corrected chi connectivity index (χ0v) is 14.3. The van der Waals surface area contributed by atoms with Gasteiger partial charge < -0.3 is 20.7 Å². The first-order chi connectivity index (χ1) is 13.7. The van der Waals surface area contributed by atoms with Crippen LogP contribution >= 0.6 is 0 Å². The van der Waals surface area contributed by atoms with Crippen LogP contribution in [0.1, 0.15) is 27.7 Å². The zero-order chi connectivity index (χ0) is 20.8. The van der Waals surface area contributed by atoms with Crippen LogP contribution in [0, 0.1) is 10.4 Å². The zero-order valence-electron chi connectivity index (χ0n) is 14.3. The minimum Gasteiger partial charge on any atom is -0.770 e. The molecule has 1 saturated heterocycles. The lowest BCUT2D eigenvalue weighted by molar-refractivity contribution is -0.137. The first-order valence-corrected chi connectivity index (χ1v) is 8.14. The fraction of sp³-hybridized carbons (Fsp3) is 0.125. The van der Waals surface area contributed by atoms with E-state index >= 15 is 0 Å². The molecule has 152 valence electrons. The Kier molecular flexibility index (Phi) is 4.70. The van der Waals surface area contributed by atoms with Crippen molar-refractivity contribution >= 4 is 22.6 Å². The third-order valence-corrected chi connectivity index (χ3v) is 4.25. The Hall–Kier alpha value is -3.07. The van der Waals surface area contributed by atoms with Crippen molar-refractivity contribution < 1.29 is 18.0 Å². The van der Waals surface area contributed by atoms with Crippen LogP contribution in [0.3, 0.4) is 0 Å². The summed E-state index contributed by atoms with van der Waals surface area (Å²) in [5.41, 5.74) is 3.98. The number of aromatic amines is 1. The van der Waals surface area contributed by atoms with Gasteiger partial charge in [0.1, 0.15) is 11.7 Å². The topological polar surface area (TPSA) is 134 Å². The first kappa shape index (κ1) is 19.3. The number of alkyl halides is 3. The van der Waals surface area contributed by atoms with E-state index in [1.54, 1.807) is 0 Å². The Morgan fingerprint density at radius 3 is 2.69 bits per heavy atom. The second kappa shape index (κ2) is 7.07. The molecule has 4 rings (SSSR count). The lowest BCUT2D eigenvalue weighted by Gasteiger charge is -2.39. The minimum absolute atomic E-state index is 0.0487. The number of halogens is 3. The number of fused-ring (bicyclic) bond motifs is 1. The Morgan fingerprint density at radius 2 is 2.00 bits per heavy atom. The molecule has 4 N–H and O–H groups in total. The number of hydrazine groups is 3. The molecule has 2 heterocycles. The highest BCUT2D eigenvalue weighted by Crippen LogP contribution is 2.33. The fourth-order valence-corrected chi connectivity index (χ4v) is 2.91. The molecule has 0 bridgehead atoms. The van der Waals surface area contributed by atoms with Crippen molar-refractivity contribution in [3.8, 4) is 0 Å². The van der Waals surface area contributed by atoms with Crippen LogP contribution in [0.4, 0.5) is 18.9 Å². The van der Waals surface area contributed by atoms with Gasteiger partial charge in [-0.2, -0.15) is 18.7 Å². The summed E-state index contributed by atoms with van der Waals surface area (Å²) in [7, 11) is 0. The van der Waals surface area contributed by atoms with Crippen LogP contribution in [0.15, 0.2) is 42.7 Å². The van der Waals surface area contributed by atoms with Crippen molar-refractivity contribution in [2.24, 2.45) is 0 Å². The van der Waals surface area contributed by atoms with E-state index in [1.807, 2.05) is 0 Å². The van der Waals surface area contributed by atoms with Gasteiger partial charge in [-0.25, -0.2) is 15.7 Å². The molecular weight excluding hydrogens is 395 g/mol. The summed E-state index contributed by atoms with van der Waals surface area (Å²) in [6.07, 6.45) is -4.49. The number of hydroxylamine groups is 1. The number of H-pyrrole nitrogens is 1. The van der Waals surface area contributed by atoms with Crippen LogP contribution in [0.2, 0.25) is 0 Å². The predicted molar refractivity (Wildman–Crippen MR) is 94.9 cm³/mol. The summed E-state index contributed by atoms with van der Waals surface area (Å²) in [4.78, 5) is 19.1. The highest BCUT2D eigenvalue weighted by Gasteiger charge is 2.32. The van der Waals surface area contributed by atoms with Crippen LogP contribution in [0.25, 0.3) is 11.0 Å². The van der Waals surface area contributed by atoms with Gasteiger partial charge >= 0.3 is 6.18 Å². The van der Waals surface area contributed by atoms with Gasteiger partial charge in [-0.3, -0.25) is 9.97 Å². The number of carbonyl (C=O) groups excluding carboxylic acids is 1. The van der Waals surface area contributed by atoms with Crippen LogP contribution < -0.4 is 16.3 Å². The maximum Gasteiger partial charge on any atom is 0.416 e. The van der Waals surface area contributed by atoms with E-state index in [4.69, 9.17) is 0 Å². The van der Waals surface area contributed by atoms with Crippen LogP contribution in [-0.2, 0) is 6.18 Å². The molecule has 13 heteroatoms. The Labute approximate surface area is 160 Å².